The number of amides is 1. The standard InChI is InChI=1S/C13H19NO2S/c1-10(2)16-9-8-14(3)13(15)11-4-6-12(17)7-5-11/h4-7,10,17H,8-9H2,1-3H3. The van der Waals surface area contributed by atoms with Gasteiger partial charge in [0.25, 0.3) is 5.91 Å². The van der Waals surface area contributed by atoms with E-state index in [2.05, 4.69) is 12.6 Å². The summed E-state index contributed by atoms with van der Waals surface area (Å²) in [5, 5.41) is 0. The summed E-state index contributed by atoms with van der Waals surface area (Å²) in [5.41, 5.74) is 0.676. The molecule has 17 heavy (non-hydrogen) atoms. The summed E-state index contributed by atoms with van der Waals surface area (Å²) in [7, 11) is 1.78. The number of benzene rings is 1. The number of thiol groups is 1. The molecule has 0 saturated carbocycles. The third-order valence-corrected chi connectivity index (χ3v) is 2.64. The minimum atomic E-state index is 0.00527. The quantitative estimate of drug-likeness (QED) is 0.817. The largest absolute Gasteiger partial charge is 0.377 e. The Balaban J connectivity index is 2.49. The average molecular weight is 253 g/mol. The molecule has 3 nitrogen and oxygen atoms in total. The molecule has 4 heteroatoms. The van der Waals surface area contributed by atoms with E-state index in [-0.39, 0.29) is 12.0 Å². The number of rotatable bonds is 5. The van der Waals surface area contributed by atoms with E-state index in [0.717, 1.165) is 4.90 Å². The van der Waals surface area contributed by atoms with E-state index in [1.165, 1.54) is 0 Å². The summed E-state index contributed by atoms with van der Waals surface area (Å²) in [4.78, 5) is 14.5. The number of ether oxygens (including phenoxy) is 1. The predicted molar refractivity (Wildman–Crippen MR) is 71.7 cm³/mol. The van der Waals surface area contributed by atoms with Gasteiger partial charge in [0, 0.05) is 24.1 Å². The monoisotopic (exact) mass is 253 g/mol. The minimum Gasteiger partial charge on any atom is -0.377 e. The first-order valence-corrected chi connectivity index (χ1v) is 6.11. The van der Waals surface area contributed by atoms with Gasteiger partial charge in [-0.25, -0.2) is 0 Å². The van der Waals surface area contributed by atoms with Crippen molar-refractivity contribution < 1.29 is 9.53 Å². The van der Waals surface area contributed by atoms with Gasteiger partial charge in [0.15, 0.2) is 0 Å². The summed E-state index contributed by atoms with van der Waals surface area (Å²) < 4.78 is 5.41. The van der Waals surface area contributed by atoms with Gasteiger partial charge in [0.2, 0.25) is 0 Å². The molecular weight excluding hydrogens is 234 g/mol. The third-order valence-electron chi connectivity index (χ3n) is 2.34. The van der Waals surface area contributed by atoms with Crippen LogP contribution in [0.15, 0.2) is 29.2 Å². The van der Waals surface area contributed by atoms with Crippen LogP contribution in [0.2, 0.25) is 0 Å². The number of carbonyl (C=O) groups is 1. The van der Waals surface area contributed by atoms with Gasteiger partial charge in [0.05, 0.1) is 12.7 Å². The van der Waals surface area contributed by atoms with Crippen LogP contribution in [0.1, 0.15) is 24.2 Å². The molecule has 0 aliphatic rings. The molecule has 0 unspecified atom stereocenters. The highest BCUT2D eigenvalue weighted by Gasteiger charge is 2.10. The molecule has 1 aromatic rings. The maximum absolute atomic E-state index is 12.0. The molecule has 0 aromatic heterocycles. The Kier molecular flexibility index (Phi) is 5.51. The fourth-order valence-electron chi connectivity index (χ4n) is 1.35. The molecule has 0 spiro atoms. The van der Waals surface area contributed by atoms with Crippen molar-refractivity contribution in [3.05, 3.63) is 29.8 Å². The Bertz CT molecular complexity index is 362. The Morgan fingerprint density at radius 1 is 1.35 bits per heavy atom. The molecule has 1 amide bonds. The summed E-state index contributed by atoms with van der Waals surface area (Å²) in [6, 6.07) is 7.19. The van der Waals surface area contributed by atoms with Crippen LogP contribution >= 0.6 is 12.6 Å². The van der Waals surface area contributed by atoms with Crippen LogP contribution in [-0.2, 0) is 4.74 Å². The molecule has 0 heterocycles. The fourth-order valence-corrected chi connectivity index (χ4v) is 1.50. The molecule has 0 saturated heterocycles. The van der Waals surface area contributed by atoms with Gasteiger partial charge in [-0.15, -0.1) is 12.6 Å². The predicted octanol–water partition coefficient (Wildman–Crippen LogP) is 2.47. The van der Waals surface area contributed by atoms with E-state index >= 15 is 0 Å². The maximum atomic E-state index is 12.0. The molecule has 0 aliphatic carbocycles. The molecule has 0 aliphatic heterocycles. The van der Waals surface area contributed by atoms with E-state index in [1.807, 2.05) is 26.0 Å². The van der Waals surface area contributed by atoms with E-state index in [4.69, 9.17) is 4.74 Å². The Labute approximate surface area is 108 Å². The highest BCUT2D eigenvalue weighted by atomic mass is 32.1. The lowest BCUT2D eigenvalue weighted by Crippen LogP contribution is -2.30. The molecular formula is C13H19NO2S. The van der Waals surface area contributed by atoms with Crippen LogP contribution in [-0.4, -0.2) is 37.1 Å². The molecule has 1 rings (SSSR count). The summed E-state index contributed by atoms with van der Waals surface area (Å²) >= 11 is 4.19. The second-order valence-corrected chi connectivity index (χ2v) is 4.71. The number of likely N-dealkylation sites (N-methyl/N-ethyl adjacent to an activating group) is 1. The number of hydrogen-bond acceptors (Lipinski definition) is 3. The van der Waals surface area contributed by atoms with Crippen molar-refractivity contribution in [2.24, 2.45) is 0 Å². The Morgan fingerprint density at radius 3 is 2.47 bits per heavy atom. The topological polar surface area (TPSA) is 29.5 Å². The average Bonchev–Trinajstić information content (AvgIpc) is 2.28. The molecule has 1 aromatic carbocycles. The summed E-state index contributed by atoms with van der Waals surface area (Å²) in [5.74, 6) is 0.00527. The van der Waals surface area contributed by atoms with Crippen LogP contribution in [0, 0.1) is 0 Å². The van der Waals surface area contributed by atoms with Crippen LogP contribution < -0.4 is 0 Å². The summed E-state index contributed by atoms with van der Waals surface area (Å²) in [6.07, 6.45) is 0.196. The Morgan fingerprint density at radius 2 is 1.94 bits per heavy atom. The van der Waals surface area contributed by atoms with E-state index < -0.39 is 0 Å². The first-order valence-electron chi connectivity index (χ1n) is 5.67. The molecule has 0 bridgehead atoms. The lowest BCUT2D eigenvalue weighted by molar-refractivity contribution is 0.0532. The number of hydrogen-bond donors (Lipinski definition) is 1. The first kappa shape index (κ1) is 14.1. The number of nitrogens with zero attached hydrogens (tertiary/aromatic N) is 1. The molecule has 0 atom stereocenters. The van der Waals surface area contributed by atoms with Crippen molar-refractivity contribution in [1.29, 1.82) is 0 Å². The normalized spacial score (nSPS) is 10.6. The summed E-state index contributed by atoms with van der Waals surface area (Å²) in [6.45, 7) is 5.12. The van der Waals surface area contributed by atoms with E-state index in [1.54, 1.807) is 24.1 Å². The zero-order valence-electron chi connectivity index (χ0n) is 10.5. The van der Waals surface area contributed by atoms with Gasteiger partial charge >= 0.3 is 0 Å². The zero-order chi connectivity index (χ0) is 12.8. The highest BCUT2D eigenvalue weighted by molar-refractivity contribution is 7.80. The van der Waals surface area contributed by atoms with Crippen LogP contribution in [0.3, 0.4) is 0 Å². The first-order chi connectivity index (χ1) is 8.00. The maximum Gasteiger partial charge on any atom is 0.253 e. The second kappa shape index (κ2) is 6.67. The van der Waals surface area contributed by atoms with Gasteiger partial charge in [-0.2, -0.15) is 0 Å². The SMILES string of the molecule is CC(C)OCCN(C)C(=O)c1ccc(S)cc1. The molecule has 0 N–H and O–H groups in total. The van der Waals surface area contributed by atoms with Crippen molar-refractivity contribution in [1.82, 2.24) is 4.90 Å². The van der Waals surface area contributed by atoms with Crippen LogP contribution in [0.25, 0.3) is 0 Å². The van der Waals surface area contributed by atoms with Crippen molar-refractivity contribution in [3.8, 4) is 0 Å². The van der Waals surface area contributed by atoms with Gasteiger partial charge in [-0.05, 0) is 38.1 Å². The minimum absolute atomic E-state index is 0.00527. The van der Waals surface area contributed by atoms with Crippen LogP contribution in [0.4, 0.5) is 0 Å². The van der Waals surface area contributed by atoms with E-state index in [9.17, 15) is 4.79 Å². The lowest BCUT2D eigenvalue weighted by atomic mass is 10.2. The second-order valence-electron chi connectivity index (χ2n) is 4.19. The van der Waals surface area contributed by atoms with E-state index in [0.29, 0.717) is 18.7 Å². The zero-order valence-corrected chi connectivity index (χ0v) is 11.4. The van der Waals surface area contributed by atoms with Crippen molar-refractivity contribution in [3.63, 3.8) is 0 Å². The smallest absolute Gasteiger partial charge is 0.253 e. The lowest BCUT2D eigenvalue weighted by Gasteiger charge is -2.18. The third kappa shape index (κ3) is 4.79. The highest BCUT2D eigenvalue weighted by Crippen LogP contribution is 2.09. The van der Waals surface area contributed by atoms with Gasteiger partial charge in [-0.1, -0.05) is 0 Å². The van der Waals surface area contributed by atoms with Crippen molar-refractivity contribution in [2.75, 3.05) is 20.2 Å². The number of carbonyl (C=O) groups excluding carboxylic acids is 1. The van der Waals surface area contributed by atoms with Crippen LogP contribution in [0.5, 0.6) is 0 Å². The van der Waals surface area contributed by atoms with Crippen molar-refractivity contribution in [2.45, 2.75) is 24.8 Å². The van der Waals surface area contributed by atoms with Crippen molar-refractivity contribution >= 4 is 18.5 Å². The fraction of sp³-hybridized carbons (Fsp3) is 0.462. The molecule has 0 fully saturated rings. The molecule has 0 radical (unpaired) electrons. The molecule has 94 valence electrons. The van der Waals surface area contributed by atoms with Gasteiger partial charge in [-0.3, -0.25) is 4.79 Å². The van der Waals surface area contributed by atoms with Gasteiger partial charge in [0.1, 0.15) is 0 Å². The Hall–Kier alpha value is -1.00. The van der Waals surface area contributed by atoms with Gasteiger partial charge < -0.3 is 9.64 Å².